The van der Waals surface area contributed by atoms with Gasteiger partial charge in [0.15, 0.2) is 0 Å². The van der Waals surface area contributed by atoms with Crippen LogP contribution in [0.3, 0.4) is 0 Å². The van der Waals surface area contributed by atoms with Gasteiger partial charge < -0.3 is 9.47 Å². The minimum Gasteiger partial charge on any atom is -0.444 e. The number of alkyl halides is 3. The molecule has 0 saturated heterocycles. The van der Waals surface area contributed by atoms with Crippen LogP contribution in [0.15, 0.2) is 24.3 Å². The molecule has 22 heavy (non-hydrogen) atoms. The van der Waals surface area contributed by atoms with Crippen LogP contribution in [0.25, 0.3) is 0 Å². The Kier molecular flexibility index (Phi) is 5.82. The van der Waals surface area contributed by atoms with E-state index in [1.807, 2.05) is 0 Å². The second kappa shape index (κ2) is 7.00. The summed E-state index contributed by atoms with van der Waals surface area (Å²) in [5.41, 5.74) is -0.752. The van der Waals surface area contributed by atoms with Gasteiger partial charge in [-0.2, -0.15) is 13.2 Å². The zero-order chi connectivity index (χ0) is 17.0. The van der Waals surface area contributed by atoms with Crippen LogP contribution >= 0.6 is 0 Å². The van der Waals surface area contributed by atoms with Gasteiger partial charge in [-0.15, -0.1) is 0 Å². The van der Waals surface area contributed by atoms with E-state index in [0.29, 0.717) is 5.56 Å². The predicted molar refractivity (Wildman–Crippen MR) is 75.3 cm³/mol. The summed E-state index contributed by atoms with van der Waals surface area (Å²) >= 11 is 0. The number of alkyl carbamates (subject to hydrolysis) is 1. The minimum atomic E-state index is -4.37. The van der Waals surface area contributed by atoms with Gasteiger partial charge in [0.2, 0.25) is 0 Å². The lowest BCUT2D eigenvalue weighted by molar-refractivity contribution is -0.137. The number of ether oxygens (including phenoxy) is 2. The quantitative estimate of drug-likeness (QED) is 0.860. The molecule has 7 heteroatoms. The summed E-state index contributed by atoms with van der Waals surface area (Å²) in [7, 11) is 1.39. The maximum Gasteiger partial charge on any atom is 0.416 e. The van der Waals surface area contributed by atoms with E-state index >= 15 is 0 Å². The monoisotopic (exact) mass is 319 g/mol. The van der Waals surface area contributed by atoms with Gasteiger partial charge in [0.25, 0.3) is 0 Å². The van der Waals surface area contributed by atoms with Crippen molar-refractivity contribution >= 4 is 6.09 Å². The lowest BCUT2D eigenvalue weighted by atomic mass is 10.1. The lowest BCUT2D eigenvalue weighted by Crippen LogP contribution is -2.41. The Morgan fingerprint density at radius 3 is 2.14 bits per heavy atom. The van der Waals surface area contributed by atoms with Gasteiger partial charge in [-0.25, -0.2) is 4.79 Å². The fourth-order valence-electron chi connectivity index (χ4n) is 1.68. The highest BCUT2D eigenvalue weighted by atomic mass is 19.4. The van der Waals surface area contributed by atoms with Crippen molar-refractivity contribution in [3.63, 3.8) is 0 Å². The fraction of sp³-hybridized carbons (Fsp3) is 0.533. The fourth-order valence-corrected chi connectivity index (χ4v) is 1.68. The smallest absolute Gasteiger partial charge is 0.416 e. The Hall–Kier alpha value is -1.76. The molecule has 1 aromatic carbocycles. The van der Waals surface area contributed by atoms with Crippen LogP contribution in [-0.2, 0) is 22.1 Å². The van der Waals surface area contributed by atoms with Crippen LogP contribution in [0.4, 0.5) is 18.0 Å². The maximum absolute atomic E-state index is 12.5. The summed E-state index contributed by atoms with van der Waals surface area (Å²) in [4.78, 5) is 11.6. The first-order chi connectivity index (χ1) is 10.0. The van der Waals surface area contributed by atoms with Crippen molar-refractivity contribution in [3.05, 3.63) is 35.4 Å². The highest BCUT2D eigenvalue weighted by molar-refractivity contribution is 5.67. The molecule has 0 aliphatic heterocycles. The molecule has 1 N–H and O–H groups in total. The number of halogens is 3. The number of rotatable bonds is 4. The molecule has 0 radical (unpaired) electrons. The molecule has 0 bridgehead atoms. The Bertz CT molecular complexity index is 492. The molecule has 1 atom stereocenters. The molecule has 0 spiro atoms. The zero-order valence-electron chi connectivity index (χ0n) is 13.0. The van der Waals surface area contributed by atoms with Gasteiger partial charge in [-0.3, -0.25) is 5.32 Å². The maximum atomic E-state index is 12.5. The van der Waals surface area contributed by atoms with Gasteiger partial charge in [0.1, 0.15) is 11.8 Å². The summed E-state index contributed by atoms with van der Waals surface area (Å²) in [5.74, 6) is 0. The van der Waals surface area contributed by atoms with Gasteiger partial charge in [0, 0.05) is 13.5 Å². The number of carbonyl (C=O) groups is 1. The highest BCUT2D eigenvalue weighted by Gasteiger charge is 2.30. The third-order valence-corrected chi connectivity index (χ3v) is 2.66. The number of benzene rings is 1. The summed E-state index contributed by atoms with van der Waals surface area (Å²) < 4.78 is 47.6. The SMILES string of the molecule is COC(Cc1ccc(C(F)(F)F)cc1)NC(=O)OC(C)(C)C. The Morgan fingerprint density at radius 1 is 1.18 bits per heavy atom. The minimum absolute atomic E-state index is 0.230. The van der Waals surface area contributed by atoms with Gasteiger partial charge in [0.05, 0.1) is 5.56 Å². The highest BCUT2D eigenvalue weighted by Crippen LogP contribution is 2.29. The van der Waals surface area contributed by atoms with Crippen LogP contribution in [0.5, 0.6) is 0 Å². The van der Waals surface area contributed by atoms with E-state index < -0.39 is 29.7 Å². The van der Waals surface area contributed by atoms with Gasteiger partial charge in [-0.1, -0.05) is 12.1 Å². The molecule has 0 aliphatic carbocycles. The van der Waals surface area contributed by atoms with E-state index in [4.69, 9.17) is 9.47 Å². The van der Waals surface area contributed by atoms with Crippen molar-refractivity contribution in [2.45, 2.75) is 45.2 Å². The van der Waals surface area contributed by atoms with Crippen LogP contribution in [0.2, 0.25) is 0 Å². The molecular formula is C15H20F3NO3. The van der Waals surface area contributed by atoms with E-state index in [9.17, 15) is 18.0 Å². The van der Waals surface area contributed by atoms with Crippen LogP contribution in [0.1, 0.15) is 31.9 Å². The molecule has 4 nitrogen and oxygen atoms in total. The molecule has 0 aliphatic rings. The molecule has 0 heterocycles. The topological polar surface area (TPSA) is 47.6 Å². The van der Waals surface area contributed by atoms with Crippen molar-refractivity contribution in [1.29, 1.82) is 0 Å². The van der Waals surface area contributed by atoms with Crippen LogP contribution in [0, 0.1) is 0 Å². The predicted octanol–water partition coefficient (Wildman–Crippen LogP) is 3.75. The Morgan fingerprint density at radius 2 is 1.73 bits per heavy atom. The molecule has 0 aromatic heterocycles. The van der Waals surface area contributed by atoms with Gasteiger partial charge >= 0.3 is 12.3 Å². The first kappa shape index (κ1) is 18.3. The standard InChI is InChI=1S/C15H20F3NO3/c1-14(2,3)22-13(20)19-12(21-4)9-10-5-7-11(8-6-10)15(16,17)18/h5-8,12H,9H2,1-4H3,(H,19,20). The molecule has 1 rings (SSSR count). The van der Waals surface area contributed by atoms with Crippen LogP contribution < -0.4 is 5.32 Å². The van der Waals surface area contributed by atoms with Crippen molar-refractivity contribution in [1.82, 2.24) is 5.32 Å². The molecular weight excluding hydrogens is 299 g/mol. The zero-order valence-corrected chi connectivity index (χ0v) is 13.0. The molecule has 0 saturated carbocycles. The summed E-state index contributed by atoms with van der Waals surface area (Å²) in [6.07, 6.45) is -5.47. The van der Waals surface area contributed by atoms with E-state index in [-0.39, 0.29) is 6.42 Å². The summed E-state index contributed by atoms with van der Waals surface area (Å²) in [6, 6.07) is 4.70. The van der Waals surface area contributed by atoms with Crippen molar-refractivity contribution in [2.24, 2.45) is 0 Å². The molecule has 1 unspecified atom stereocenters. The van der Waals surface area contributed by atoms with E-state index in [1.54, 1.807) is 20.8 Å². The molecule has 1 aromatic rings. The summed E-state index contributed by atoms with van der Waals surface area (Å²) in [6.45, 7) is 5.18. The first-order valence-electron chi connectivity index (χ1n) is 6.70. The number of hydrogen-bond acceptors (Lipinski definition) is 3. The average molecular weight is 319 g/mol. The average Bonchev–Trinajstić information content (AvgIpc) is 2.35. The Labute approximate surface area is 127 Å². The second-order valence-electron chi connectivity index (χ2n) is 5.77. The van der Waals surface area contributed by atoms with Crippen molar-refractivity contribution in [3.8, 4) is 0 Å². The van der Waals surface area contributed by atoms with E-state index in [1.165, 1.54) is 19.2 Å². The van der Waals surface area contributed by atoms with E-state index in [2.05, 4.69) is 5.32 Å². The number of amides is 1. The third-order valence-electron chi connectivity index (χ3n) is 2.66. The van der Waals surface area contributed by atoms with E-state index in [0.717, 1.165) is 12.1 Å². The second-order valence-corrected chi connectivity index (χ2v) is 5.77. The Balaban J connectivity index is 2.65. The normalized spacial score (nSPS) is 13.6. The van der Waals surface area contributed by atoms with Crippen LogP contribution in [-0.4, -0.2) is 25.0 Å². The lowest BCUT2D eigenvalue weighted by Gasteiger charge is -2.23. The van der Waals surface area contributed by atoms with Crippen molar-refractivity contribution in [2.75, 3.05) is 7.11 Å². The largest absolute Gasteiger partial charge is 0.444 e. The molecule has 0 fully saturated rings. The number of nitrogens with one attached hydrogen (secondary N) is 1. The number of methoxy groups -OCH3 is 1. The first-order valence-corrected chi connectivity index (χ1v) is 6.70. The van der Waals surface area contributed by atoms with Gasteiger partial charge in [-0.05, 0) is 38.5 Å². The molecule has 1 amide bonds. The number of carbonyl (C=O) groups excluding carboxylic acids is 1. The third kappa shape index (κ3) is 6.34. The van der Waals surface area contributed by atoms with Crippen molar-refractivity contribution < 1.29 is 27.4 Å². The molecule has 124 valence electrons. The summed E-state index contributed by atoms with van der Waals surface area (Å²) in [5, 5.41) is 2.51. The number of hydrogen-bond donors (Lipinski definition) is 1.